The Balaban J connectivity index is 1.37. The highest BCUT2D eigenvalue weighted by Crippen LogP contribution is 2.35. The fourth-order valence-corrected chi connectivity index (χ4v) is 5.52. The standard InChI is InChI=1S/C26H21ClN6O2S/c27-19-12-6-5-11-17(19)24-31-32-25(35-24)30-23(34)18-15-20(16-9-3-1-4-10-16)28-22-21(18)36-26(29-22)33-13-7-2-8-14-33/h1,3-6,9-12,15H,2,7-8,13-14H2,(H,30,32,34). The van der Waals surface area contributed by atoms with Gasteiger partial charge in [0.2, 0.25) is 0 Å². The highest BCUT2D eigenvalue weighted by molar-refractivity contribution is 7.22. The number of halogens is 1. The summed E-state index contributed by atoms with van der Waals surface area (Å²) >= 11 is 7.73. The number of nitrogens with zero attached hydrogens (tertiary/aromatic N) is 5. The fourth-order valence-electron chi connectivity index (χ4n) is 4.23. The molecule has 0 radical (unpaired) electrons. The van der Waals surface area contributed by atoms with Gasteiger partial charge in [-0.3, -0.25) is 10.1 Å². The van der Waals surface area contributed by atoms with Gasteiger partial charge in [0.15, 0.2) is 10.8 Å². The fraction of sp³-hybridized carbons (Fsp3) is 0.192. The Morgan fingerprint density at radius 3 is 2.56 bits per heavy atom. The number of piperidine rings is 1. The highest BCUT2D eigenvalue weighted by atomic mass is 35.5. The first-order valence-electron chi connectivity index (χ1n) is 11.7. The van der Waals surface area contributed by atoms with Gasteiger partial charge in [-0.1, -0.05) is 70.5 Å². The minimum absolute atomic E-state index is 0.0121. The molecule has 6 rings (SSSR count). The summed E-state index contributed by atoms with van der Waals surface area (Å²) in [6.07, 6.45) is 3.50. The van der Waals surface area contributed by atoms with Crippen LogP contribution in [0.2, 0.25) is 5.02 Å². The van der Waals surface area contributed by atoms with Crippen molar-refractivity contribution in [2.75, 3.05) is 23.3 Å². The van der Waals surface area contributed by atoms with E-state index in [1.165, 1.54) is 17.8 Å². The molecule has 4 heterocycles. The molecule has 0 bridgehead atoms. The zero-order valence-electron chi connectivity index (χ0n) is 19.1. The first-order chi connectivity index (χ1) is 17.7. The maximum absolute atomic E-state index is 13.5. The molecule has 10 heteroatoms. The monoisotopic (exact) mass is 516 g/mol. The number of aromatic nitrogens is 4. The lowest BCUT2D eigenvalue weighted by Crippen LogP contribution is -2.29. The molecule has 1 fully saturated rings. The Kier molecular flexibility index (Phi) is 6.08. The summed E-state index contributed by atoms with van der Waals surface area (Å²) in [5, 5.41) is 12.1. The average Bonchev–Trinajstić information content (AvgIpc) is 3.56. The van der Waals surface area contributed by atoms with E-state index in [-0.39, 0.29) is 17.8 Å². The van der Waals surface area contributed by atoms with E-state index in [2.05, 4.69) is 20.4 Å². The minimum Gasteiger partial charge on any atom is -0.403 e. The number of hydrogen-bond donors (Lipinski definition) is 1. The molecule has 0 aliphatic carbocycles. The molecule has 1 aliphatic rings. The number of carbonyl (C=O) groups is 1. The smallest absolute Gasteiger partial charge is 0.322 e. The second-order valence-electron chi connectivity index (χ2n) is 8.46. The summed E-state index contributed by atoms with van der Waals surface area (Å²) in [7, 11) is 0. The van der Waals surface area contributed by atoms with Crippen LogP contribution in [0.3, 0.4) is 0 Å². The molecule has 0 spiro atoms. The van der Waals surface area contributed by atoms with Crippen LogP contribution in [0.4, 0.5) is 11.1 Å². The van der Waals surface area contributed by atoms with Gasteiger partial charge in [0.1, 0.15) is 0 Å². The van der Waals surface area contributed by atoms with E-state index in [4.69, 9.17) is 26.0 Å². The number of benzene rings is 2. The number of thiazole rings is 1. The van der Waals surface area contributed by atoms with Crippen LogP contribution in [0.25, 0.3) is 33.1 Å². The normalized spacial score (nSPS) is 13.8. The third kappa shape index (κ3) is 4.43. The van der Waals surface area contributed by atoms with Gasteiger partial charge in [-0.05, 0) is 37.5 Å². The number of nitrogens with one attached hydrogen (secondary N) is 1. The zero-order valence-corrected chi connectivity index (χ0v) is 20.7. The molecule has 180 valence electrons. The molecule has 3 aromatic heterocycles. The second-order valence-corrected chi connectivity index (χ2v) is 9.85. The first-order valence-corrected chi connectivity index (χ1v) is 12.9. The van der Waals surface area contributed by atoms with Crippen molar-refractivity contribution in [1.82, 2.24) is 20.2 Å². The summed E-state index contributed by atoms with van der Waals surface area (Å²) in [5.74, 6) is -0.145. The number of anilines is 2. The predicted molar refractivity (Wildman–Crippen MR) is 142 cm³/mol. The number of carbonyl (C=O) groups excluding carboxylic acids is 1. The topological polar surface area (TPSA) is 97.0 Å². The van der Waals surface area contributed by atoms with Crippen molar-refractivity contribution < 1.29 is 9.21 Å². The van der Waals surface area contributed by atoms with Gasteiger partial charge in [0, 0.05) is 18.7 Å². The summed E-state index contributed by atoms with van der Waals surface area (Å²) in [6.45, 7) is 1.92. The predicted octanol–water partition coefficient (Wildman–Crippen LogP) is 6.30. The Morgan fingerprint density at radius 2 is 1.75 bits per heavy atom. The van der Waals surface area contributed by atoms with E-state index in [1.807, 2.05) is 42.5 Å². The van der Waals surface area contributed by atoms with Gasteiger partial charge in [-0.15, -0.1) is 5.10 Å². The van der Waals surface area contributed by atoms with Crippen LogP contribution >= 0.6 is 22.9 Å². The molecule has 1 aliphatic heterocycles. The van der Waals surface area contributed by atoms with Crippen molar-refractivity contribution in [3.05, 3.63) is 71.2 Å². The summed E-state index contributed by atoms with van der Waals surface area (Å²) in [4.78, 5) is 25.4. The second kappa shape index (κ2) is 9.67. The quantitative estimate of drug-likeness (QED) is 0.292. The molecule has 0 unspecified atom stereocenters. The van der Waals surface area contributed by atoms with Crippen molar-refractivity contribution in [2.45, 2.75) is 19.3 Å². The molecule has 2 aromatic carbocycles. The summed E-state index contributed by atoms with van der Waals surface area (Å²) in [5.41, 5.74) is 3.18. The summed E-state index contributed by atoms with van der Waals surface area (Å²) < 4.78 is 6.42. The Hall–Kier alpha value is -3.82. The molecular weight excluding hydrogens is 496 g/mol. The SMILES string of the molecule is O=C(Nc1nnc(-c2ccccc2Cl)o1)c1cc(-c2ccccc2)nc2nc(N3CCCCC3)sc12. The third-order valence-electron chi connectivity index (χ3n) is 6.04. The Labute approximate surface area is 216 Å². The number of hydrogen-bond acceptors (Lipinski definition) is 8. The highest BCUT2D eigenvalue weighted by Gasteiger charge is 2.23. The van der Waals surface area contributed by atoms with Crippen molar-refractivity contribution >= 4 is 50.3 Å². The molecule has 1 saturated heterocycles. The van der Waals surface area contributed by atoms with Gasteiger partial charge in [0.25, 0.3) is 11.8 Å². The van der Waals surface area contributed by atoms with Crippen molar-refractivity contribution in [3.8, 4) is 22.7 Å². The van der Waals surface area contributed by atoms with E-state index < -0.39 is 0 Å². The van der Waals surface area contributed by atoms with E-state index in [9.17, 15) is 4.79 Å². The van der Waals surface area contributed by atoms with Gasteiger partial charge in [-0.25, -0.2) is 4.98 Å². The molecule has 5 aromatic rings. The molecule has 36 heavy (non-hydrogen) atoms. The van der Waals surface area contributed by atoms with Gasteiger partial charge >= 0.3 is 6.01 Å². The van der Waals surface area contributed by atoms with Crippen LogP contribution in [-0.2, 0) is 0 Å². The molecular formula is C26H21ClN6O2S. The lowest BCUT2D eigenvalue weighted by molar-refractivity contribution is 0.102. The lowest BCUT2D eigenvalue weighted by Gasteiger charge is -2.25. The van der Waals surface area contributed by atoms with Crippen LogP contribution in [0.1, 0.15) is 29.6 Å². The Morgan fingerprint density at radius 1 is 0.972 bits per heavy atom. The van der Waals surface area contributed by atoms with Gasteiger partial charge < -0.3 is 9.32 Å². The number of pyridine rings is 1. The van der Waals surface area contributed by atoms with E-state index in [1.54, 1.807) is 18.2 Å². The number of rotatable bonds is 5. The zero-order chi connectivity index (χ0) is 24.5. The first kappa shape index (κ1) is 22.6. The largest absolute Gasteiger partial charge is 0.403 e. The molecule has 8 nitrogen and oxygen atoms in total. The van der Waals surface area contributed by atoms with Crippen LogP contribution in [0.15, 0.2) is 65.1 Å². The van der Waals surface area contributed by atoms with E-state index in [0.29, 0.717) is 27.5 Å². The number of fused-ring (bicyclic) bond motifs is 1. The van der Waals surface area contributed by atoms with Crippen LogP contribution < -0.4 is 10.2 Å². The van der Waals surface area contributed by atoms with Gasteiger partial charge in [-0.2, -0.15) is 4.98 Å². The van der Waals surface area contributed by atoms with E-state index >= 15 is 0 Å². The maximum Gasteiger partial charge on any atom is 0.322 e. The van der Waals surface area contributed by atoms with Crippen LogP contribution in [0, 0.1) is 0 Å². The molecule has 0 atom stereocenters. The van der Waals surface area contributed by atoms with Crippen LogP contribution in [-0.4, -0.2) is 39.2 Å². The number of amides is 1. The van der Waals surface area contributed by atoms with Crippen molar-refractivity contribution in [1.29, 1.82) is 0 Å². The minimum atomic E-state index is -0.372. The molecule has 0 saturated carbocycles. The molecule has 1 amide bonds. The maximum atomic E-state index is 13.5. The molecule has 1 N–H and O–H groups in total. The van der Waals surface area contributed by atoms with Crippen molar-refractivity contribution in [3.63, 3.8) is 0 Å². The van der Waals surface area contributed by atoms with Crippen LogP contribution in [0.5, 0.6) is 0 Å². The van der Waals surface area contributed by atoms with Gasteiger partial charge in [0.05, 0.1) is 26.5 Å². The lowest BCUT2D eigenvalue weighted by atomic mass is 10.1. The summed E-state index contributed by atoms with van der Waals surface area (Å²) in [6, 6.07) is 18.7. The van der Waals surface area contributed by atoms with E-state index in [0.717, 1.165) is 41.3 Å². The third-order valence-corrected chi connectivity index (χ3v) is 7.51. The Bertz CT molecular complexity index is 1540. The van der Waals surface area contributed by atoms with Crippen molar-refractivity contribution in [2.24, 2.45) is 0 Å². The average molecular weight is 517 g/mol.